The molecule has 0 spiro atoms. The van der Waals surface area contributed by atoms with Crippen LogP contribution in [0.1, 0.15) is 23.1 Å². The average Bonchev–Trinajstić information content (AvgIpc) is 3.06. The third-order valence-corrected chi connectivity index (χ3v) is 4.09. The van der Waals surface area contributed by atoms with Crippen LogP contribution in [0.5, 0.6) is 5.75 Å². The summed E-state index contributed by atoms with van der Waals surface area (Å²) in [6, 6.07) is 12.3. The number of para-hydroxylation sites is 2. The standard InChI is InChI=1S/C20H19F3N2O4/c1-2-28-18(27)13-6-5-7-15(10-13)29-12-14(26)11-25-17-9-4-3-8-16(17)24-19(25)20(21,22)23/h3-10,14,26H,2,11-12H2,1H3/t14-/m1/s1. The predicted octanol–water partition coefficient (Wildman–Crippen LogP) is 3.67. The number of benzene rings is 2. The van der Waals surface area contributed by atoms with Crippen molar-refractivity contribution in [3.8, 4) is 5.75 Å². The maximum atomic E-state index is 13.3. The molecule has 0 aliphatic heterocycles. The first-order chi connectivity index (χ1) is 13.8. The maximum Gasteiger partial charge on any atom is 0.449 e. The molecule has 9 heteroatoms. The molecular formula is C20H19F3N2O4. The molecule has 0 amide bonds. The summed E-state index contributed by atoms with van der Waals surface area (Å²) >= 11 is 0. The van der Waals surface area contributed by atoms with Crippen LogP contribution in [0, 0.1) is 0 Å². The fourth-order valence-electron chi connectivity index (χ4n) is 2.86. The summed E-state index contributed by atoms with van der Waals surface area (Å²) in [6.07, 6.45) is -5.90. The molecule has 1 aromatic heterocycles. The number of hydrogen-bond acceptors (Lipinski definition) is 5. The summed E-state index contributed by atoms with van der Waals surface area (Å²) in [5.74, 6) is -1.30. The van der Waals surface area contributed by atoms with Gasteiger partial charge in [-0.15, -0.1) is 0 Å². The molecule has 154 valence electrons. The van der Waals surface area contributed by atoms with E-state index in [-0.39, 0.29) is 36.4 Å². The molecule has 0 fully saturated rings. The first-order valence-corrected chi connectivity index (χ1v) is 8.90. The Morgan fingerprint density at radius 3 is 2.69 bits per heavy atom. The second kappa shape index (κ2) is 8.52. The van der Waals surface area contributed by atoms with Gasteiger partial charge in [0.1, 0.15) is 18.5 Å². The zero-order valence-electron chi connectivity index (χ0n) is 15.5. The Kier molecular flexibility index (Phi) is 6.07. The number of aliphatic hydroxyl groups is 1. The minimum absolute atomic E-state index is 0.190. The topological polar surface area (TPSA) is 73.6 Å². The van der Waals surface area contributed by atoms with Gasteiger partial charge in [0.2, 0.25) is 5.82 Å². The third-order valence-electron chi connectivity index (χ3n) is 4.09. The minimum atomic E-state index is -4.66. The van der Waals surface area contributed by atoms with Crippen molar-refractivity contribution < 1.29 is 32.5 Å². The van der Waals surface area contributed by atoms with Crippen molar-refractivity contribution in [3.05, 3.63) is 59.9 Å². The largest absolute Gasteiger partial charge is 0.491 e. The molecule has 0 unspecified atom stereocenters. The van der Waals surface area contributed by atoms with Crippen LogP contribution in [0.4, 0.5) is 13.2 Å². The van der Waals surface area contributed by atoms with Gasteiger partial charge in [0.25, 0.3) is 0 Å². The number of aromatic nitrogens is 2. The van der Waals surface area contributed by atoms with Gasteiger partial charge in [-0.3, -0.25) is 0 Å². The van der Waals surface area contributed by atoms with E-state index in [9.17, 15) is 23.1 Å². The highest BCUT2D eigenvalue weighted by Crippen LogP contribution is 2.31. The van der Waals surface area contributed by atoms with E-state index in [0.717, 1.165) is 4.57 Å². The van der Waals surface area contributed by atoms with Gasteiger partial charge in [-0.2, -0.15) is 13.2 Å². The van der Waals surface area contributed by atoms with E-state index in [1.807, 2.05) is 0 Å². The lowest BCUT2D eigenvalue weighted by Crippen LogP contribution is -2.26. The van der Waals surface area contributed by atoms with E-state index in [1.165, 1.54) is 18.2 Å². The molecule has 0 bridgehead atoms. The summed E-state index contributed by atoms with van der Waals surface area (Å²) in [5.41, 5.74) is 0.733. The molecule has 6 nitrogen and oxygen atoms in total. The number of nitrogens with zero attached hydrogens (tertiary/aromatic N) is 2. The van der Waals surface area contributed by atoms with Gasteiger partial charge in [0, 0.05) is 0 Å². The average molecular weight is 408 g/mol. The number of fused-ring (bicyclic) bond motifs is 1. The molecule has 3 rings (SSSR count). The van der Waals surface area contributed by atoms with Crippen LogP contribution in [-0.4, -0.2) is 39.9 Å². The van der Waals surface area contributed by atoms with Gasteiger partial charge in [-0.1, -0.05) is 18.2 Å². The molecule has 1 heterocycles. The molecule has 0 saturated carbocycles. The van der Waals surface area contributed by atoms with E-state index in [2.05, 4.69) is 4.98 Å². The van der Waals surface area contributed by atoms with Gasteiger partial charge >= 0.3 is 12.1 Å². The van der Waals surface area contributed by atoms with Crippen molar-refractivity contribution in [2.45, 2.75) is 25.7 Å². The fraction of sp³-hybridized carbons (Fsp3) is 0.300. The first kappa shape index (κ1) is 20.7. The van der Waals surface area contributed by atoms with E-state index < -0.39 is 24.1 Å². The SMILES string of the molecule is CCOC(=O)c1cccc(OC[C@H](O)Cn2c(C(F)(F)F)nc3ccccc32)c1. The Morgan fingerprint density at radius 2 is 1.97 bits per heavy atom. The molecule has 0 aliphatic carbocycles. The molecule has 1 atom stereocenters. The highest BCUT2D eigenvalue weighted by atomic mass is 19.4. The summed E-state index contributed by atoms with van der Waals surface area (Å²) < 4.78 is 51.3. The summed E-state index contributed by atoms with van der Waals surface area (Å²) in [4.78, 5) is 15.4. The Hall–Kier alpha value is -3.07. The number of imidazole rings is 1. The quantitative estimate of drug-likeness (QED) is 0.604. The van der Waals surface area contributed by atoms with Gasteiger partial charge < -0.3 is 19.1 Å². The summed E-state index contributed by atoms with van der Waals surface area (Å²) in [7, 11) is 0. The highest BCUT2D eigenvalue weighted by molar-refractivity contribution is 5.89. The predicted molar refractivity (Wildman–Crippen MR) is 98.6 cm³/mol. The number of alkyl halides is 3. The fourth-order valence-corrected chi connectivity index (χ4v) is 2.86. The summed E-state index contributed by atoms with van der Waals surface area (Å²) in [6.45, 7) is 1.29. The van der Waals surface area contributed by atoms with Crippen molar-refractivity contribution in [1.29, 1.82) is 0 Å². The van der Waals surface area contributed by atoms with Crippen LogP contribution in [0.3, 0.4) is 0 Å². The van der Waals surface area contributed by atoms with Crippen molar-refractivity contribution in [1.82, 2.24) is 9.55 Å². The third kappa shape index (κ3) is 4.86. The van der Waals surface area contributed by atoms with E-state index in [4.69, 9.17) is 9.47 Å². The van der Waals surface area contributed by atoms with Crippen LogP contribution < -0.4 is 4.74 Å². The van der Waals surface area contributed by atoms with Crippen molar-refractivity contribution in [3.63, 3.8) is 0 Å². The maximum absolute atomic E-state index is 13.3. The van der Waals surface area contributed by atoms with E-state index in [1.54, 1.807) is 37.3 Å². The van der Waals surface area contributed by atoms with Gasteiger partial charge in [0.05, 0.1) is 29.7 Å². The van der Waals surface area contributed by atoms with Crippen molar-refractivity contribution >= 4 is 17.0 Å². The smallest absolute Gasteiger partial charge is 0.449 e. The van der Waals surface area contributed by atoms with Crippen LogP contribution in [0.15, 0.2) is 48.5 Å². The Morgan fingerprint density at radius 1 is 1.21 bits per heavy atom. The van der Waals surface area contributed by atoms with E-state index in [0.29, 0.717) is 5.75 Å². The molecule has 2 aromatic carbocycles. The molecule has 0 saturated heterocycles. The van der Waals surface area contributed by atoms with Gasteiger partial charge in [-0.05, 0) is 37.3 Å². The number of hydrogen-bond donors (Lipinski definition) is 1. The van der Waals surface area contributed by atoms with E-state index >= 15 is 0 Å². The Bertz CT molecular complexity index is 1000. The normalized spacial score (nSPS) is 12.7. The second-order valence-electron chi connectivity index (χ2n) is 6.25. The van der Waals surface area contributed by atoms with Crippen molar-refractivity contribution in [2.24, 2.45) is 0 Å². The number of aliphatic hydroxyl groups excluding tert-OH is 1. The Labute approximate surface area is 164 Å². The number of carbonyl (C=O) groups excluding carboxylic acids is 1. The van der Waals surface area contributed by atoms with Crippen LogP contribution in [0.25, 0.3) is 11.0 Å². The lowest BCUT2D eigenvalue weighted by Gasteiger charge is -2.16. The highest BCUT2D eigenvalue weighted by Gasteiger charge is 2.37. The number of carbonyl (C=O) groups is 1. The minimum Gasteiger partial charge on any atom is -0.491 e. The number of halogens is 3. The zero-order valence-corrected chi connectivity index (χ0v) is 15.5. The van der Waals surface area contributed by atoms with Crippen molar-refractivity contribution in [2.75, 3.05) is 13.2 Å². The first-order valence-electron chi connectivity index (χ1n) is 8.90. The molecule has 3 aromatic rings. The molecular weight excluding hydrogens is 389 g/mol. The number of esters is 1. The number of rotatable bonds is 7. The summed E-state index contributed by atoms with van der Waals surface area (Å²) in [5, 5.41) is 10.3. The molecule has 0 radical (unpaired) electrons. The van der Waals surface area contributed by atoms with Gasteiger partial charge in [-0.25, -0.2) is 9.78 Å². The second-order valence-corrected chi connectivity index (χ2v) is 6.25. The number of ether oxygens (including phenoxy) is 2. The zero-order chi connectivity index (χ0) is 21.0. The molecule has 29 heavy (non-hydrogen) atoms. The molecule has 0 aliphatic rings. The monoisotopic (exact) mass is 408 g/mol. The molecule has 1 N–H and O–H groups in total. The van der Waals surface area contributed by atoms with Crippen LogP contribution in [0.2, 0.25) is 0 Å². The van der Waals surface area contributed by atoms with Crippen LogP contribution >= 0.6 is 0 Å². The van der Waals surface area contributed by atoms with Gasteiger partial charge in [0.15, 0.2) is 0 Å². The van der Waals surface area contributed by atoms with Crippen LogP contribution in [-0.2, 0) is 17.5 Å². The lowest BCUT2D eigenvalue weighted by molar-refractivity contribution is -0.147. The lowest BCUT2D eigenvalue weighted by atomic mass is 10.2. The Balaban J connectivity index is 1.73.